The lowest BCUT2D eigenvalue weighted by atomic mass is 10.1. The first-order valence-corrected chi connectivity index (χ1v) is 13.2. The predicted octanol–water partition coefficient (Wildman–Crippen LogP) is 5.53. The Kier molecular flexibility index (Phi) is 6.81. The molecule has 2 aromatic carbocycles. The molecule has 0 bridgehead atoms. The number of aryl methyl sites for hydroxylation is 2. The van der Waals surface area contributed by atoms with Gasteiger partial charge in [0.05, 0.1) is 5.52 Å². The van der Waals surface area contributed by atoms with Crippen molar-refractivity contribution in [2.24, 2.45) is 0 Å². The fraction of sp³-hybridized carbons (Fsp3) is 0.407. The molecule has 1 fully saturated rings. The summed E-state index contributed by atoms with van der Waals surface area (Å²) in [5.74, 6) is 1.19. The van der Waals surface area contributed by atoms with Crippen LogP contribution in [0.2, 0.25) is 0 Å². The number of carbonyl (C=O) groups excluding carboxylic acids is 1. The van der Waals surface area contributed by atoms with Crippen LogP contribution in [-0.4, -0.2) is 49.4 Å². The monoisotopic (exact) mass is 473 g/mol. The summed E-state index contributed by atoms with van der Waals surface area (Å²) in [6, 6.07) is 15.1. The fourth-order valence-electron chi connectivity index (χ4n) is 4.62. The summed E-state index contributed by atoms with van der Waals surface area (Å²) in [6.07, 6.45) is 4.81. The van der Waals surface area contributed by atoms with Gasteiger partial charge in [0.2, 0.25) is 11.1 Å². The summed E-state index contributed by atoms with van der Waals surface area (Å²) >= 11 is 1.63. The smallest absolute Gasteiger partial charge is 0.222 e. The minimum Gasteiger partial charge on any atom is -0.343 e. The number of unbranched alkanes of at least 4 members (excludes halogenated alkanes) is 1. The highest BCUT2D eigenvalue weighted by atomic mass is 32.2. The average Bonchev–Trinajstić information content (AvgIpc) is 3.47. The van der Waals surface area contributed by atoms with E-state index in [-0.39, 0.29) is 0 Å². The van der Waals surface area contributed by atoms with E-state index < -0.39 is 0 Å². The second kappa shape index (κ2) is 10.1. The molecule has 176 valence electrons. The molecule has 1 aliphatic heterocycles. The molecule has 7 heteroatoms. The maximum Gasteiger partial charge on any atom is 0.222 e. The van der Waals surface area contributed by atoms with Gasteiger partial charge < -0.3 is 9.47 Å². The van der Waals surface area contributed by atoms with E-state index >= 15 is 0 Å². The van der Waals surface area contributed by atoms with Crippen LogP contribution in [0.3, 0.4) is 0 Å². The Bertz CT molecular complexity index is 1310. The largest absolute Gasteiger partial charge is 0.343 e. The molecule has 0 saturated carbocycles. The van der Waals surface area contributed by atoms with Crippen molar-refractivity contribution in [3.8, 4) is 0 Å². The number of hydrogen-bond acceptors (Lipinski definition) is 5. The van der Waals surface area contributed by atoms with Gasteiger partial charge in [0.15, 0.2) is 5.65 Å². The third-order valence-corrected chi connectivity index (χ3v) is 7.46. The van der Waals surface area contributed by atoms with E-state index in [4.69, 9.17) is 4.98 Å². The lowest BCUT2D eigenvalue weighted by Gasteiger charge is -2.14. The third-order valence-electron chi connectivity index (χ3n) is 6.54. The maximum atomic E-state index is 12.2. The third kappa shape index (κ3) is 4.94. The molecule has 3 heterocycles. The Labute approximate surface area is 204 Å². The van der Waals surface area contributed by atoms with E-state index in [1.54, 1.807) is 11.8 Å². The first kappa shape index (κ1) is 22.8. The summed E-state index contributed by atoms with van der Waals surface area (Å²) in [5.41, 5.74) is 6.55. The molecular weight excluding hydrogens is 442 g/mol. The van der Waals surface area contributed by atoms with Crippen LogP contribution < -0.4 is 0 Å². The number of thioether (sulfide) groups is 1. The first-order chi connectivity index (χ1) is 16.6. The van der Waals surface area contributed by atoms with Crippen LogP contribution in [-0.2, 0) is 11.3 Å². The van der Waals surface area contributed by atoms with Gasteiger partial charge in [-0.3, -0.25) is 4.79 Å². The van der Waals surface area contributed by atoms with E-state index in [2.05, 4.69) is 71.1 Å². The zero-order valence-corrected chi connectivity index (χ0v) is 20.8. The lowest BCUT2D eigenvalue weighted by Crippen LogP contribution is -2.27. The highest BCUT2D eigenvalue weighted by Crippen LogP contribution is 2.29. The van der Waals surface area contributed by atoms with E-state index in [0.29, 0.717) is 17.5 Å². The lowest BCUT2D eigenvalue weighted by molar-refractivity contribution is -0.130. The van der Waals surface area contributed by atoms with Gasteiger partial charge in [-0.05, 0) is 57.2 Å². The minimum atomic E-state index is 0.303. The molecule has 0 atom stereocenters. The fourth-order valence-corrected chi connectivity index (χ4v) is 5.40. The summed E-state index contributed by atoms with van der Waals surface area (Å²) in [5, 5.41) is 10.8. The molecule has 1 amide bonds. The molecule has 0 radical (unpaired) electrons. The van der Waals surface area contributed by atoms with Gasteiger partial charge in [-0.1, -0.05) is 53.2 Å². The Morgan fingerprint density at radius 1 is 0.971 bits per heavy atom. The van der Waals surface area contributed by atoms with Crippen molar-refractivity contribution in [3.05, 3.63) is 59.2 Å². The number of fused-ring (bicyclic) bond motifs is 3. The van der Waals surface area contributed by atoms with E-state index in [9.17, 15) is 4.79 Å². The van der Waals surface area contributed by atoms with Gasteiger partial charge in [-0.2, -0.15) is 0 Å². The molecule has 1 aliphatic rings. The Hall–Kier alpha value is -2.93. The number of amides is 1. The molecule has 0 N–H and O–H groups in total. The van der Waals surface area contributed by atoms with Crippen molar-refractivity contribution in [2.45, 2.75) is 57.7 Å². The minimum absolute atomic E-state index is 0.303. The second-order valence-electron chi connectivity index (χ2n) is 9.25. The Morgan fingerprint density at radius 2 is 1.74 bits per heavy atom. The van der Waals surface area contributed by atoms with Crippen molar-refractivity contribution >= 4 is 39.7 Å². The number of hydrogen-bond donors (Lipinski definition) is 0. The summed E-state index contributed by atoms with van der Waals surface area (Å²) in [7, 11) is 0. The number of nitrogens with zero attached hydrogens (tertiary/aromatic N) is 5. The molecular formula is C27H31N5OS. The molecule has 34 heavy (non-hydrogen) atoms. The number of benzene rings is 2. The van der Waals surface area contributed by atoms with Crippen LogP contribution in [0.4, 0.5) is 0 Å². The number of carbonyl (C=O) groups is 1. The van der Waals surface area contributed by atoms with Crippen LogP contribution in [0.5, 0.6) is 0 Å². The van der Waals surface area contributed by atoms with Crippen molar-refractivity contribution in [3.63, 3.8) is 0 Å². The standard InChI is InChI=1S/C27H31N5OS/c1-19-8-11-21(12-9-19)18-32-23-13-10-20(2)17-22(23)25-26(32)28-27(30-29-25)34-16-6-3-7-24(33)31-14-4-5-15-31/h8-13,17H,3-7,14-16,18H2,1-2H3. The van der Waals surface area contributed by atoms with Crippen LogP contribution in [0.1, 0.15) is 48.8 Å². The summed E-state index contributed by atoms with van der Waals surface area (Å²) in [4.78, 5) is 19.2. The first-order valence-electron chi connectivity index (χ1n) is 12.2. The summed E-state index contributed by atoms with van der Waals surface area (Å²) < 4.78 is 2.25. The topological polar surface area (TPSA) is 63.9 Å². The van der Waals surface area contributed by atoms with Crippen molar-refractivity contribution in [1.29, 1.82) is 0 Å². The molecule has 0 unspecified atom stereocenters. The van der Waals surface area contributed by atoms with Crippen molar-refractivity contribution in [2.75, 3.05) is 18.8 Å². The highest BCUT2D eigenvalue weighted by molar-refractivity contribution is 7.99. The molecule has 0 spiro atoms. The molecule has 0 aliphatic carbocycles. The van der Waals surface area contributed by atoms with Crippen LogP contribution >= 0.6 is 11.8 Å². The molecule has 1 saturated heterocycles. The molecule has 6 nitrogen and oxygen atoms in total. The van der Waals surface area contributed by atoms with E-state index in [0.717, 1.165) is 73.1 Å². The molecule has 5 rings (SSSR count). The normalized spacial score (nSPS) is 13.9. The molecule has 4 aromatic rings. The zero-order valence-electron chi connectivity index (χ0n) is 20.0. The van der Waals surface area contributed by atoms with E-state index in [1.165, 1.54) is 16.7 Å². The van der Waals surface area contributed by atoms with E-state index in [1.807, 2.05) is 4.90 Å². The average molecular weight is 474 g/mol. The second-order valence-corrected chi connectivity index (χ2v) is 10.3. The Morgan fingerprint density at radius 3 is 2.53 bits per heavy atom. The number of aromatic nitrogens is 4. The number of likely N-dealkylation sites (tertiary alicyclic amines) is 1. The van der Waals surface area contributed by atoms with Crippen LogP contribution in [0.25, 0.3) is 22.1 Å². The number of rotatable bonds is 8. The van der Waals surface area contributed by atoms with Gasteiger partial charge in [0.1, 0.15) is 5.52 Å². The molecule has 2 aromatic heterocycles. The van der Waals surface area contributed by atoms with Crippen molar-refractivity contribution in [1.82, 2.24) is 24.6 Å². The van der Waals surface area contributed by atoms with Gasteiger partial charge in [0, 0.05) is 37.2 Å². The predicted molar refractivity (Wildman–Crippen MR) is 138 cm³/mol. The maximum absolute atomic E-state index is 12.2. The highest BCUT2D eigenvalue weighted by Gasteiger charge is 2.18. The zero-order chi connectivity index (χ0) is 23.5. The van der Waals surface area contributed by atoms with Crippen molar-refractivity contribution < 1.29 is 4.79 Å². The Balaban J connectivity index is 1.32. The van der Waals surface area contributed by atoms with Gasteiger partial charge >= 0.3 is 0 Å². The van der Waals surface area contributed by atoms with Crippen LogP contribution in [0, 0.1) is 13.8 Å². The summed E-state index contributed by atoms with van der Waals surface area (Å²) in [6.45, 7) is 6.81. The quantitative estimate of drug-likeness (QED) is 0.249. The van der Waals surface area contributed by atoms with Gasteiger partial charge in [0.25, 0.3) is 0 Å². The van der Waals surface area contributed by atoms with Crippen LogP contribution in [0.15, 0.2) is 47.6 Å². The SMILES string of the molecule is Cc1ccc(Cn2c3ccc(C)cc3c3nnc(SCCCCC(=O)N4CCCC4)nc32)cc1. The van der Waals surface area contributed by atoms with Gasteiger partial charge in [-0.15, -0.1) is 10.2 Å². The van der Waals surface area contributed by atoms with Gasteiger partial charge in [-0.25, -0.2) is 4.98 Å².